The summed E-state index contributed by atoms with van der Waals surface area (Å²) >= 11 is 0. The first kappa shape index (κ1) is 25.3. The first-order valence-electron chi connectivity index (χ1n) is 16.4. The van der Waals surface area contributed by atoms with Gasteiger partial charge >= 0.3 is 0 Å². The largest absolute Gasteiger partial charge is 0.454 e. The number of rotatable bonds is 4. The summed E-state index contributed by atoms with van der Waals surface area (Å²) in [6.07, 6.45) is -1.49. The predicted octanol–water partition coefficient (Wildman–Crippen LogP) is 10.7. The maximum atomic E-state index is 15.7. The summed E-state index contributed by atoms with van der Waals surface area (Å²) in [5, 5.41) is 1.63. The first-order valence-corrected chi connectivity index (χ1v) is 14.9. The van der Waals surface area contributed by atoms with E-state index in [1.165, 1.54) is 11.6 Å². The highest BCUT2D eigenvalue weighted by Crippen LogP contribution is 2.42. The Bertz CT molecular complexity index is 2130. The molecule has 6 rings (SSSR count). The molecular weight excluding hydrogens is 529 g/mol. The molecule has 0 bridgehead atoms. The average molecular weight is 574 g/mol. The van der Waals surface area contributed by atoms with Crippen LogP contribution in [0.4, 0.5) is 4.39 Å². The third kappa shape index (κ3) is 5.49. The minimum atomic E-state index is -1.68. The molecule has 6 aromatic rings. The molecule has 0 amide bonds. The van der Waals surface area contributed by atoms with E-state index < -0.39 is 11.8 Å². The van der Waals surface area contributed by atoms with Crippen LogP contribution in [-0.4, -0.2) is 0 Å². The highest BCUT2D eigenvalue weighted by atomic mass is 19.1. The lowest BCUT2D eigenvalue weighted by atomic mass is 9.85. The first-order chi connectivity index (χ1) is 21.5. The van der Waals surface area contributed by atoms with Crippen LogP contribution in [0.1, 0.15) is 62.3 Å². The molecule has 2 heterocycles. The van der Waals surface area contributed by atoms with Gasteiger partial charge in [-0.3, -0.25) is 0 Å². The zero-order valence-electron chi connectivity index (χ0n) is 29.3. The summed E-state index contributed by atoms with van der Waals surface area (Å²) in [6, 6.07) is 27.1. The predicted molar refractivity (Wildman–Crippen MR) is 178 cm³/mol. The van der Waals surface area contributed by atoms with E-state index in [-0.39, 0.29) is 17.4 Å². The Labute approximate surface area is 259 Å². The zero-order valence-corrected chi connectivity index (χ0v) is 26.3. The van der Waals surface area contributed by atoms with Gasteiger partial charge in [0.15, 0.2) is 6.17 Å². The van der Waals surface area contributed by atoms with Gasteiger partial charge in [0.2, 0.25) is 5.69 Å². The molecule has 0 N–H and O–H groups in total. The number of hydrogen-bond donors (Lipinski definition) is 0. The van der Waals surface area contributed by atoms with Crippen LogP contribution in [0, 0.1) is 18.2 Å². The van der Waals surface area contributed by atoms with Gasteiger partial charge in [-0.15, -0.1) is 0 Å². The van der Waals surface area contributed by atoms with Gasteiger partial charge < -0.3 is 4.42 Å². The molecule has 0 spiro atoms. The lowest BCUT2D eigenvalue weighted by Gasteiger charge is -2.20. The molecule has 3 heteroatoms. The number of pyridine rings is 1. The number of nitrogens with zero attached hydrogens (tertiary/aromatic N) is 1. The lowest BCUT2D eigenvalue weighted by molar-refractivity contribution is -0.660. The van der Waals surface area contributed by atoms with Crippen molar-refractivity contribution in [3.63, 3.8) is 0 Å². The molecule has 0 aliphatic carbocycles. The van der Waals surface area contributed by atoms with Crippen molar-refractivity contribution in [1.29, 1.82) is 0 Å². The van der Waals surface area contributed by atoms with Gasteiger partial charge in [-0.1, -0.05) is 102 Å². The summed E-state index contributed by atoms with van der Waals surface area (Å²) in [6.45, 7) is 14.2. The Morgan fingerprint density at radius 1 is 0.767 bits per heavy atom. The standard InChI is InChI=1S/C40H41FNO/c1-25-12-17-31-32-18-19-33(41)36(28-15-13-27(14-16-28)29-10-9-11-30(23-29)40(5,6)7)38(32)43-37(31)35(25)34-22-26(20-21-42(34)8)24-39(2,3)4/h9-23H,24H2,1-8H3/q+1/i21D,24D2. The molecule has 4 aromatic carbocycles. The molecule has 0 radical (unpaired) electrons. The van der Waals surface area contributed by atoms with Gasteiger partial charge in [0, 0.05) is 25.6 Å². The number of aromatic nitrogens is 1. The van der Waals surface area contributed by atoms with E-state index in [0.29, 0.717) is 28.0 Å². The third-order valence-electron chi connectivity index (χ3n) is 8.05. The molecule has 0 aliphatic heterocycles. The molecule has 0 atom stereocenters. The summed E-state index contributed by atoms with van der Waals surface area (Å²) in [5.74, 6) is -0.369. The number of halogens is 1. The van der Waals surface area contributed by atoms with Gasteiger partial charge in [-0.05, 0) is 69.6 Å². The minimum Gasteiger partial charge on any atom is -0.454 e. The van der Waals surface area contributed by atoms with Gasteiger partial charge in [0.25, 0.3) is 0 Å². The van der Waals surface area contributed by atoms with E-state index in [2.05, 4.69) is 45.0 Å². The molecule has 2 aromatic heterocycles. The van der Waals surface area contributed by atoms with Gasteiger partial charge in [0.1, 0.15) is 25.4 Å². The highest BCUT2D eigenvalue weighted by molar-refractivity contribution is 6.13. The molecule has 218 valence electrons. The van der Waals surface area contributed by atoms with Crippen molar-refractivity contribution in [1.82, 2.24) is 0 Å². The number of benzene rings is 4. The molecule has 0 saturated carbocycles. The second-order valence-corrected chi connectivity index (χ2v) is 13.6. The van der Waals surface area contributed by atoms with Crippen molar-refractivity contribution in [2.24, 2.45) is 12.5 Å². The van der Waals surface area contributed by atoms with E-state index in [1.54, 1.807) is 23.7 Å². The smallest absolute Gasteiger partial charge is 0.216 e. The normalized spacial score (nSPS) is 13.7. The third-order valence-corrected chi connectivity index (χ3v) is 8.05. The molecule has 2 nitrogen and oxygen atoms in total. The van der Waals surface area contributed by atoms with E-state index >= 15 is 4.39 Å². The van der Waals surface area contributed by atoms with E-state index in [1.807, 2.05) is 70.2 Å². The van der Waals surface area contributed by atoms with Gasteiger partial charge in [-0.2, -0.15) is 0 Å². The maximum Gasteiger partial charge on any atom is 0.216 e. The Morgan fingerprint density at radius 3 is 2.09 bits per heavy atom. The summed E-state index contributed by atoms with van der Waals surface area (Å²) in [5.41, 5.74) is 7.71. The van der Waals surface area contributed by atoms with E-state index in [4.69, 9.17) is 8.53 Å². The SMILES string of the molecule is [2H]c1cc(C([2H])([2H])C(C)(C)C)cc(-c2c(C)ccc3c2oc2c(-c4ccc(-c5cccc(C(C)(C)C)c5)cc4)c(F)ccc23)[n+]1C. The summed E-state index contributed by atoms with van der Waals surface area (Å²) in [7, 11) is 1.80. The molecule has 0 saturated heterocycles. The Hall–Kier alpha value is -4.24. The fourth-order valence-electron chi connectivity index (χ4n) is 5.83. The summed E-state index contributed by atoms with van der Waals surface area (Å²) < 4.78 is 50.7. The van der Waals surface area contributed by atoms with Gasteiger partial charge in [0.05, 0.1) is 11.1 Å². The van der Waals surface area contributed by atoms with Crippen LogP contribution < -0.4 is 4.57 Å². The summed E-state index contributed by atoms with van der Waals surface area (Å²) in [4.78, 5) is 0. The van der Waals surface area contributed by atoms with Crippen LogP contribution in [0.25, 0.3) is 55.4 Å². The van der Waals surface area contributed by atoms with Crippen molar-refractivity contribution in [3.8, 4) is 33.5 Å². The maximum absolute atomic E-state index is 15.7. The quantitative estimate of drug-likeness (QED) is 0.192. The second-order valence-electron chi connectivity index (χ2n) is 13.6. The molecule has 0 unspecified atom stereocenters. The van der Waals surface area contributed by atoms with Crippen LogP contribution in [0.2, 0.25) is 0 Å². The molecule has 0 aliphatic rings. The Balaban J connectivity index is 1.53. The Kier molecular flexibility index (Phi) is 6.16. The number of fused-ring (bicyclic) bond motifs is 3. The minimum absolute atomic E-state index is 0.0337. The van der Waals surface area contributed by atoms with Crippen LogP contribution in [-0.2, 0) is 18.8 Å². The molecular formula is C40H41FNO+. The zero-order chi connectivity index (χ0) is 33.3. The number of aryl methyl sites for hydroxylation is 1. The Morgan fingerprint density at radius 2 is 1.42 bits per heavy atom. The van der Waals surface area contributed by atoms with Gasteiger partial charge in [-0.25, -0.2) is 8.96 Å². The molecule has 0 fully saturated rings. The monoisotopic (exact) mass is 573 g/mol. The second kappa shape index (κ2) is 10.5. The van der Waals surface area contributed by atoms with Crippen LogP contribution >= 0.6 is 0 Å². The van der Waals surface area contributed by atoms with E-state index in [0.717, 1.165) is 38.6 Å². The van der Waals surface area contributed by atoms with Crippen molar-refractivity contribution < 1.29 is 17.5 Å². The van der Waals surface area contributed by atoms with E-state index in [9.17, 15) is 0 Å². The van der Waals surface area contributed by atoms with Crippen molar-refractivity contribution in [2.45, 2.75) is 60.3 Å². The molecule has 43 heavy (non-hydrogen) atoms. The topological polar surface area (TPSA) is 17.0 Å². The van der Waals surface area contributed by atoms with Crippen LogP contribution in [0.15, 0.2) is 95.5 Å². The van der Waals surface area contributed by atoms with Crippen LogP contribution in [0.5, 0.6) is 0 Å². The fourth-order valence-corrected chi connectivity index (χ4v) is 5.83. The van der Waals surface area contributed by atoms with Crippen molar-refractivity contribution >= 4 is 21.9 Å². The lowest BCUT2D eigenvalue weighted by Crippen LogP contribution is -2.31. The van der Waals surface area contributed by atoms with Crippen LogP contribution in [0.3, 0.4) is 0 Å². The van der Waals surface area contributed by atoms with Crippen molar-refractivity contribution in [3.05, 3.63) is 114 Å². The fraction of sp³-hybridized carbons (Fsp3) is 0.275. The number of furan rings is 1. The number of hydrogen-bond acceptors (Lipinski definition) is 1. The average Bonchev–Trinajstić information content (AvgIpc) is 3.36. The van der Waals surface area contributed by atoms with Crippen molar-refractivity contribution in [2.75, 3.05) is 0 Å². The highest BCUT2D eigenvalue weighted by Gasteiger charge is 2.24.